The van der Waals surface area contributed by atoms with Crippen LogP contribution in [0.2, 0.25) is 0 Å². The minimum atomic E-state index is -3.52. The lowest BCUT2D eigenvalue weighted by atomic mass is 10.1. The quantitative estimate of drug-likeness (QED) is 0.623. The molecule has 0 fully saturated rings. The van der Waals surface area contributed by atoms with Crippen LogP contribution < -0.4 is 5.32 Å². The lowest BCUT2D eigenvalue weighted by Crippen LogP contribution is -2.39. The van der Waals surface area contributed by atoms with Crippen molar-refractivity contribution in [3.8, 4) is 0 Å². The Balaban J connectivity index is 2.81. The lowest BCUT2D eigenvalue weighted by Gasteiger charge is -2.14. The van der Waals surface area contributed by atoms with Gasteiger partial charge in [0.25, 0.3) is 17.5 Å². The fraction of sp³-hybridized carbons (Fsp3) is 0.300. The maximum Gasteiger partial charge on any atom is 0.287 e. The molecule has 0 saturated carbocycles. The van der Waals surface area contributed by atoms with E-state index in [-0.39, 0.29) is 0 Å². The number of rotatable bonds is 5. The van der Waals surface area contributed by atoms with E-state index in [2.05, 4.69) is 0 Å². The summed E-state index contributed by atoms with van der Waals surface area (Å²) in [6.45, 7) is -2.63. The maximum absolute atomic E-state index is 13.4. The van der Waals surface area contributed by atoms with Crippen LogP contribution in [-0.2, 0) is 0 Å². The molecule has 0 heterocycles. The summed E-state index contributed by atoms with van der Waals surface area (Å²) in [4.78, 5) is 20.9. The summed E-state index contributed by atoms with van der Waals surface area (Å²) in [5, 5.41) is 20.3. The Hall–Kier alpha value is -2.16. The van der Waals surface area contributed by atoms with Gasteiger partial charge in [-0.3, -0.25) is 14.9 Å². The first-order chi connectivity index (χ1) is 8.76. The molecule has 19 heavy (non-hydrogen) atoms. The summed E-state index contributed by atoms with van der Waals surface area (Å²) in [7, 11) is 0. The Bertz CT molecular complexity index is 508. The van der Waals surface area contributed by atoms with Gasteiger partial charge in [0.15, 0.2) is 0 Å². The number of nitro groups is 1. The minimum Gasteiger partial charge on any atom is -0.390 e. The number of nitro benzene ring substituents is 1. The van der Waals surface area contributed by atoms with E-state index in [0.717, 1.165) is 12.1 Å². The highest BCUT2D eigenvalue weighted by Crippen LogP contribution is 2.17. The smallest absolute Gasteiger partial charge is 0.287 e. The first-order valence-corrected chi connectivity index (χ1v) is 4.97. The van der Waals surface area contributed by atoms with E-state index in [9.17, 15) is 28.1 Å². The van der Waals surface area contributed by atoms with E-state index in [0.29, 0.717) is 6.07 Å². The molecule has 1 aromatic rings. The van der Waals surface area contributed by atoms with E-state index < -0.39 is 47.0 Å². The number of nitrogens with one attached hydrogen (secondary N) is 1. The number of aliphatic hydroxyl groups is 1. The third-order valence-electron chi connectivity index (χ3n) is 2.15. The number of halogens is 3. The molecule has 104 valence electrons. The molecule has 1 rings (SSSR count). The SMILES string of the molecule is O=C(NCC(F)(F)CO)c1ccc([N+](=O)[O-])cc1F. The Morgan fingerprint density at radius 1 is 1.47 bits per heavy atom. The minimum absolute atomic E-state index is 0.513. The van der Waals surface area contributed by atoms with Crippen molar-refractivity contribution < 1.29 is 28.0 Å². The molecule has 2 N–H and O–H groups in total. The molecule has 9 heteroatoms. The second-order valence-electron chi connectivity index (χ2n) is 3.62. The van der Waals surface area contributed by atoms with Gasteiger partial charge in [-0.2, -0.15) is 0 Å². The molecule has 0 unspecified atom stereocenters. The van der Waals surface area contributed by atoms with Crippen molar-refractivity contribution in [1.29, 1.82) is 0 Å². The number of amides is 1. The van der Waals surface area contributed by atoms with Gasteiger partial charge < -0.3 is 10.4 Å². The highest BCUT2D eigenvalue weighted by atomic mass is 19.3. The predicted molar refractivity (Wildman–Crippen MR) is 57.4 cm³/mol. The van der Waals surface area contributed by atoms with Gasteiger partial charge in [0.1, 0.15) is 12.4 Å². The number of alkyl halides is 2. The van der Waals surface area contributed by atoms with Crippen LogP contribution in [0, 0.1) is 15.9 Å². The van der Waals surface area contributed by atoms with Gasteiger partial charge in [-0.1, -0.05) is 0 Å². The second-order valence-corrected chi connectivity index (χ2v) is 3.62. The highest BCUT2D eigenvalue weighted by Gasteiger charge is 2.29. The zero-order valence-corrected chi connectivity index (χ0v) is 9.40. The Labute approximate surface area is 105 Å². The number of carbonyl (C=O) groups excluding carboxylic acids is 1. The van der Waals surface area contributed by atoms with Crippen molar-refractivity contribution in [2.75, 3.05) is 13.2 Å². The molecular weight excluding hydrogens is 269 g/mol. The maximum atomic E-state index is 13.4. The zero-order chi connectivity index (χ0) is 14.6. The third-order valence-corrected chi connectivity index (χ3v) is 2.15. The lowest BCUT2D eigenvalue weighted by molar-refractivity contribution is -0.385. The van der Waals surface area contributed by atoms with Crippen LogP contribution in [-0.4, -0.2) is 35.0 Å². The van der Waals surface area contributed by atoms with E-state index in [1.807, 2.05) is 0 Å². The molecule has 1 aromatic carbocycles. The van der Waals surface area contributed by atoms with Gasteiger partial charge in [-0.25, -0.2) is 13.2 Å². The summed E-state index contributed by atoms with van der Waals surface area (Å²) in [5.41, 5.74) is -1.16. The molecule has 0 aliphatic heterocycles. The normalized spacial score (nSPS) is 11.2. The van der Waals surface area contributed by atoms with Gasteiger partial charge in [0, 0.05) is 6.07 Å². The van der Waals surface area contributed by atoms with Gasteiger partial charge in [-0.15, -0.1) is 0 Å². The number of benzene rings is 1. The summed E-state index contributed by atoms with van der Waals surface area (Å²) >= 11 is 0. The molecule has 0 aliphatic carbocycles. The molecule has 0 saturated heterocycles. The van der Waals surface area contributed by atoms with Gasteiger partial charge >= 0.3 is 0 Å². The van der Waals surface area contributed by atoms with E-state index in [4.69, 9.17) is 5.11 Å². The number of carbonyl (C=O) groups is 1. The summed E-state index contributed by atoms with van der Waals surface area (Å²) < 4.78 is 38.7. The van der Waals surface area contributed by atoms with Gasteiger partial charge in [0.05, 0.1) is 23.1 Å². The monoisotopic (exact) mass is 278 g/mol. The van der Waals surface area contributed by atoms with E-state index in [1.54, 1.807) is 5.32 Å². The molecule has 0 radical (unpaired) electrons. The summed E-state index contributed by atoms with van der Waals surface area (Å²) in [6, 6.07) is 2.21. The Morgan fingerprint density at radius 2 is 2.11 bits per heavy atom. The standard InChI is InChI=1S/C10H9F3N2O4/c11-8-3-6(15(18)19)1-2-7(8)9(17)14-4-10(12,13)5-16/h1-3,16H,4-5H2,(H,14,17). The van der Waals surface area contributed by atoms with Crippen molar-refractivity contribution in [2.24, 2.45) is 0 Å². The first-order valence-electron chi connectivity index (χ1n) is 4.97. The molecular formula is C10H9F3N2O4. The molecule has 0 atom stereocenters. The van der Waals surface area contributed by atoms with Gasteiger partial charge in [0.2, 0.25) is 0 Å². The molecule has 0 bridgehead atoms. The fourth-order valence-electron chi connectivity index (χ4n) is 1.16. The predicted octanol–water partition coefficient (Wildman–Crippen LogP) is 1.09. The van der Waals surface area contributed by atoms with Crippen molar-refractivity contribution >= 4 is 11.6 Å². The average Bonchev–Trinajstić information content (AvgIpc) is 2.36. The number of nitrogens with zero attached hydrogens (tertiary/aromatic N) is 1. The summed E-state index contributed by atoms with van der Waals surface area (Å²) in [6.07, 6.45) is 0. The largest absolute Gasteiger partial charge is 0.390 e. The van der Waals surface area contributed by atoms with Crippen LogP contribution in [0.15, 0.2) is 18.2 Å². The molecule has 6 nitrogen and oxygen atoms in total. The van der Waals surface area contributed by atoms with Crippen LogP contribution in [0.5, 0.6) is 0 Å². The number of non-ortho nitro benzene ring substituents is 1. The summed E-state index contributed by atoms with van der Waals surface area (Å²) in [5.74, 6) is -5.87. The molecule has 1 amide bonds. The van der Waals surface area contributed by atoms with Gasteiger partial charge in [-0.05, 0) is 6.07 Å². The number of hydrogen-bond acceptors (Lipinski definition) is 4. The number of hydrogen-bond donors (Lipinski definition) is 2. The molecule has 0 aliphatic rings. The Kier molecular flexibility index (Phi) is 4.43. The molecule has 0 aromatic heterocycles. The zero-order valence-electron chi connectivity index (χ0n) is 9.40. The molecule has 0 spiro atoms. The van der Waals surface area contributed by atoms with Crippen LogP contribution in [0.1, 0.15) is 10.4 Å². The van der Waals surface area contributed by atoms with Crippen LogP contribution in [0.25, 0.3) is 0 Å². The van der Waals surface area contributed by atoms with E-state index >= 15 is 0 Å². The fourth-order valence-corrected chi connectivity index (χ4v) is 1.16. The van der Waals surface area contributed by atoms with Crippen molar-refractivity contribution in [1.82, 2.24) is 5.32 Å². The second kappa shape index (κ2) is 5.65. The topological polar surface area (TPSA) is 92.5 Å². The van der Waals surface area contributed by atoms with E-state index in [1.165, 1.54) is 0 Å². The third kappa shape index (κ3) is 3.91. The van der Waals surface area contributed by atoms with Crippen molar-refractivity contribution in [2.45, 2.75) is 5.92 Å². The number of aliphatic hydroxyl groups excluding tert-OH is 1. The first kappa shape index (κ1) is 14.9. The highest BCUT2D eigenvalue weighted by molar-refractivity contribution is 5.94. The van der Waals surface area contributed by atoms with Crippen LogP contribution >= 0.6 is 0 Å². The average molecular weight is 278 g/mol. The van der Waals surface area contributed by atoms with Crippen molar-refractivity contribution in [3.05, 3.63) is 39.7 Å². The van der Waals surface area contributed by atoms with Crippen molar-refractivity contribution in [3.63, 3.8) is 0 Å². The van der Waals surface area contributed by atoms with Crippen LogP contribution in [0.4, 0.5) is 18.9 Å². The van der Waals surface area contributed by atoms with Crippen LogP contribution in [0.3, 0.4) is 0 Å². The Morgan fingerprint density at radius 3 is 2.58 bits per heavy atom.